The van der Waals surface area contributed by atoms with E-state index in [0.29, 0.717) is 18.1 Å². The van der Waals surface area contributed by atoms with Gasteiger partial charge in [-0.2, -0.15) is 0 Å². The predicted molar refractivity (Wildman–Crippen MR) is 73.9 cm³/mol. The molecule has 0 radical (unpaired) electrons. The summed E-state index contributed by atoms with van der Waals surface area (Å²) < 4.78 is 6.01. The number of rotatable bonds is 1. The van der Waals surface area contributed by atoms with Gasteiger partial charge >= 0.3 is 0 Å². The Morgan fingerprint density at radius 3 is 2.50 bits per heavy atom. The van der Waals surface area contributed by atoms with Crippen molar-refractivity contribution in [1.82, 2.24) is 0 Å². The number of fused-ring (bicyclic) bond motifs is 3. The molecule has 2 aromatic rings. The minimum atomic E-state index is 0.481. The molecule has 0 amide bonds. The third kappa shape index (κ3) is 1.50. The second kappa shape index (κ2) is 3.83. The zero-order valence-electron chi connectivity index (χ0n) is 10.7. The maximum absolute atomic E-state index is 6.01. The van der Waals surface area contributed by atoms with Crippen LogP contribution in [0.15, 0.2) is 36.4 Å². The quantitative estimate of drug-likeness (QED) is 0.724. The summed E-state index contributed by atoms with van der Waals surface area (Å²) in [7, 11) is 0. The van der Waals surface area contributed by atoms with E-state index in [1.165, 1.54) is 41.2 Å². The van der Waals surface area contributed by atoms with Gasteiger partial charge in [0, 0.05) is 5.92 Å². The maximum Gasteiger partial charge on any atom is 0.0649 e. The van der Waals surface area contributed by atoms with Crippen LogP contribution < -0.4 is 0 Å². The van der Waals surface area contributed by atoms with Crippen LogP contribution in [0, 0.1) is 6.92 Å². The molecule has 1 heteroatoms. The third-order valence-electron chi connectivity index (χ3n) is 4.64. The Balaban J connectivity index is 1.82. The van der Waals surface area contributed by atoms with Gasteiger partial charge in [0.05, 0.1) is 12.2 Å². The van der Waals surface area contributed by atoms with Crippen LogP contribution in [-0.4, -0.2) is 12.2 Å². The summed E-state index contributed by atoms with van der Waals surface area (Å²) in [6.45, 7) is 2.24. The summed E-state index contributed by atoms with van der Waals surface area (Å²) in [5.41, 5.74) is 2.94. The summed E-state index contributed by atoms with van der Waals surface area (Å²) in [6, 6.07) is 13.4. The van der Waals surface area contributed by atoms with Crippen LogP contribution in [0.1, 0.15) is 36.3 Å². The largest absolute Gasteiger partial charge is 0.374 e. The molecule has 2 fully saturated rings. The highest BCUT2D eigenvalue weighted by molar-refractivity contribution is 5.84. The number of hydrogen-bond acceptors (Lipinski definition) is 1. The lowest BCUT2D eigenvalue weighted by Crippen LogP contribution is -2.15. The predicted octanol–water partition coefficient (Wildman–Crippen LogP) is 4.18. The normalized spacial score (nSPS) is 30.2. The van der Waals surface area contributed by atoms with Crippen molar-refractivity contribution in [2.45, 2.75) is 44.3 Å². The first-order valence-electron chi connectivity index (χ1n) is 6.96. The molecular formula is C17H18O. The fraction of sp³-hybridized carbons (Fsp3) is 0.412. The second-order valence-electron chi connectivity index (χ2n) is 5.77. The average Bonchev–Trinajstić information content (AvgIpc) is 3.00. The highest BCUT2D eigenvalue weighted by Gasteiger charge is 2.41. The van der Waals surface area contributed by atoms with Crippen LogP contribution >= 0.6 is 0 Å². The molecule has 2 saturated heterocycles. The summed E-state index contributed by atoms with van der Waals surface area (Å²) in [5, 5.41) is 2.71. The molecule has 2 aromatic carbocycles. The van der Waals surface area contributed by atoms with Crippen LogP contribution in [0.4, 0.5) is 0 Å². The lowest BCUT2D eigenvalue weighted by atomic mass is 9.81. The van der Waals surface area contributed by atoms with Crippen molar-refractivity contribution in [3.8, 4) is 0 Å². The average molecular weight is 238 g/mol. The Morgan fingerprint density at radius 2 is 1.83 bits per heavy atom. The van der Waals surface area contributed by atoms with Gasteiger partial charge in [-0.1, -0.05) is 36.4 Å². The van der Waals surface area contributed by atoms with E-state index in [9.17, 15) is 0 Å². The first-order valence-corrected chi connectivity index (χ1v) is 6.96. The van der Waals surface area contributed by atoms with E-state index in [1.54, 1.807) is 0 Å². The van der Waals surface area contributed by atoms with Crippen molar-refractivity contribution in [1.29, 1.82) is 0 Å². The fourth-order valence-electron chi connectivity index (χ4n) is 3.74. The van der Waals surface area contributed by atoms with E-state index in [4.69, 9.17) is 4.74 Å². The standard InChI is InChI=1S/C17H18O/c1-11-8-12-4-2-3-5-13(12)9-15(11)16-10-14-6-7-17(16)18-14/h2-5,8-9,14,16-17H,6-7,10H2,1H3. The zero-order chi connectivity index (χ0) is 12.1. The Morgan fingerprint density at radius 1 is 1.06 bits per heavy atom. The fourth-order valence-corrected chi connectivity index (χ4v) is 3.74. The molecule has 4 rings (SSSR count). The summed E-state index contributed by atoms with van der Waals surface area (Å²) in [4.78, 5) is 0. The smallest absolute Gasteiger partial charge is 0.0649 e. The van der Waals surface area contributed by atoms with Crippen molar-refractivity contribution in [3.05, 3.63) is 47.5 Å². The van der Waals surface area contributed by atoms with E-state index in [-0.39, 0.29) is 0 Å². The van der Waals surface area contributed by atoms with Gasteiger partial charge in [0.15, 0.2) is 0 Å². The summed E-state index contributed by atoms with van der Waals surface area (Å²) in [6.07, 6.45) is 4.76. The maximum atomic E-state index is 6.01. The molecule has 2 bridgehead atoms. The summed E-state index contributed by atoms with van der Waals surface area (Å²) in [5.74, 6) is 0.633. The molecule has 0 N–H and O–H groups in total. The molecule has 3 atom stereocenters. The molecule has 2 heterocycles. The molecule has 18 heavy (non-hydrogen) atoms. The first kappa shape index (κ1) is 10.6. The third-order valence-corrected chi connectivity index (χ3v) is 4.64. The van der Waals surface area contributed by atoms with E-state index >= 15 is 0 Å². The molecule has 2 aliphatic rings. The van der Waals surface area contributed by atoms with E-state index in [2.05, 4.69) is 43.3 Å². The number of aryl methyl sites for hydroxylation is 1. The van der Waals surface area contributed by atoms with Gasteiger partial charge < -0.3 is 4.74 Å². The van der Waals surface area contributed by atoms with E-state index in [0.717, 1.165) is 0 Å². The minimum absolute atomic E-state index is 0.481. The Bertz CT molecular complexity index is 602. The molecule has 2 aliphatic heterocycles. The van der Waals surface area contributed by atoms with Crippen molar-refractivity contribution in [2.75, 3.05) is 0 Å². The number of benzene rings is 2. The van der Waals surface area contributed by atoms with Gasteiger partial charge in [-0.05, 0) is 48.1 Å². The molecule has 0 aromatic heterocycles. The van der Waals surface area contributed by atoms with Gasteiger partial charge in [-0.3, -0.25) is 0 Å². The van der Waals surface area contributed by atoms with Crippen molar-refractivity contribution >= 4 is 10.8 Å². The molecule has 1 nitrogen and oxygen atoms in total. The monoisotopic (exact) mass is 238 g/mol. The van der Waals surface area contributed by atoms with Crippen molar-refractivity contribution in [3.63, 3.8) is 0 Å². The highest BCUT2D eigenvalue weighted by Crippen LogP contribution is 2.45. The van der Waals surface area contributed by atoms with Gasteiger partial charge in [0.25, 0.3) is 0 Å². The molecule has 92 valence electrons. The van der Waals surface area contributed by atoms with Crippen molar-refractivity contribution < 1.29 is 4.74 Å². The van der Waals surface area contributed by atoms with Crippen LogP contribution in [0.25, 0.3) is 10.8 Å². The van der Waals surface area contributed by atoms with Gasteiger partial charge in [-0.15, -0.1) is 0 Å². The van der Waals surface area contributed by atoms with Crippen LogP contribution in [0.5, 0.6) is 0 Å². The Kier molecular flexibility index (Phi) is 2.25. The second-order valence-corrected chi connectivity index (χ2v) is 5.77. The van der Waals surface area contributed by atoms with Gasteiger partial charge in [0.1, 0.15) is 0 Å². The van der Waals surface area contributed by atoms with Crippen LogP contribution in [0.2, 0.25) is 0 Å². The molecular weight excluding hydrogens is 220 g/mol. The topological polar surface area (TPSA) is 9.23 Å². The van der Waals surface area contributed by atoms with E-state index < -0.39 is 0 Å². The number of hydrogen-bond donors (Lipinski definition) is 0. The van der Waals surface area contributed by atoms with Gasteiger partial charge in [0.2, 0.25) is 0 Å². The SMILES string of the molecule is Cc1cc2ccccc2cc1C1CC2CCC1O2. The lowest BCUT2D eigenvalue weighted by molar-refractivity contribution is 0.100. The van der Waals surface area contributed by atoms with Gasteiger partial charge in [-0.25, -0.2) is 0 Å². The van der Waals surface area contributed by atoms with E-state index in [1.807, 2.05) is 0 Å². The Labute approximate surface area is 108 Å². The molecule has 0 saturated carbocycles. The summed E-state index contributed by atoms with van der Waals surface area (Å²) >= 11 is 0. The van der Waals surface area contributed by atoms with Crippen LogP contribution in [0.3, 0.4) is 0 Å². The Hall–Kier alpha value is -1.34. The zero-order valence-corrected chi connectivity index (χ0v) is 10.7. The first-order chi connectivity index (χ1) is 8.81. The minimum Gasteiger partial charge on any atom is -0.374 e. The molecule has 0 spiro atoms. The molecule has 0 aliphatic carbocycles. The van der Waals surface area contributed by atoms with Crippen molar-refractivity contribution in [2.24, 2.45) is 0 Å². The highest BCUT2D eigenvalue weighted by atomic mass is 16.5. The number of ether oxygens (including phenoxy) is 1. The lowest BCUT2D eigenvalue weighted by Gasteiger charge is -2.21. The molecule has 3 unspecified atom stereocenters. The van der Waals surface area contributed by atoms with Crippen LogP contribution in [-0.2, 0) is 4.74 Å².